The van der Waals surface area contributed by atoms with Gasteiger partial charge in [0.1, 0.15) is 0 Å². The summed E-state index contributed by atoms with van der Waals surface area (Å²) in [5, 5.41) is 21.2. The fourth-order valence-electron chi connectivity index (χ4n) is 5.51. The monoisotopic (exact) mass is 521 g/mol. The number of hydrogen-bond donors (Lipinski definition) is 4. The maximum absolute atomic E-state index is 12.2. The number of benzene rings is 2. The maximum atomic E-state index is 12.2. The largest absolute Gasteiger partial charge is 0.488 e. The standard InChI is InChI=1S/C27H37BN2O3.C3H7NO/c1-20-25-7-3-2-6-21(25)10-13-26(20)22-14-18-30(19-15-22)17-5-4-16-29-27(31)23-8-11-24(12-9-23)28(32)33;1-2-3(4)5/h8-13,22,32-33H,2-7,14-19H2,1H3,(H,29,31);2H2,1H3,(H2,4,5). The number of hydrogen-bond acceptors (Lipinski definition) is 5. The molecule has 1 aliphatic carbocycles. The summed E-state index contributed by atoms with van der Waals surface area (Å²) in [6.07, 6.45) is 10.2. The Bertz CT molecular complexity index is 1050. The van der Waals surface area contributed by atoms with Crippen LogP contribution in [0.3, 0.4) is 0 Å². The van der Waals surface area contributed by atoms with Gasteiger partial charge in [0.15, 0.2) is 0 Å². The lowest BCUT2D eigenvalue weighted by Gasteiger charge is -2.33. The summed E-state index contributed by atoms with van der Waals surface area (Å²) in [6.45, 7) is 8.16. The van der Waals surface area contributed by atoms with Gasteiger partial charge in [-0.25, -0.2) is 0 Å². The van der Waals surface area contributed by atoms with Gasteiger partial charge in [0.05, 0.1) is 0 Å². The number of carbonyl (C=O) groups excluding carboxylic acids is 2. The van der Waals surface area contributed by atoms with Gasteiger partial charge >= 0.3 is 7.12 Å². The van der Waals surface area contributed by atoms with Crippen molar-refractivity contribution in [1.82, 2.24) is 10.2 Å². The van der Waals surface area contributed by atoms with E-state index in [2.05, 4.69) is 35.0 Å². The molecule has 2 amide bonds. The number of unbranched alkanes of at least 4 members (excludes halogenated alkanes) is 1. The van der Waals surface area contributed by atoms with Gasteiger partial charge in [-0.15, -0.1) is 0 Å². The zero-order valence-corrected chi connectivity index (χ0v) is 23.0. The second-order valence-corrected chi connectivity index (χ2v) is 10.5. The molecule has 1 saturated heterocycles. The third-order valence-corrected chi connectivity index (χ3v) is 7.89. The van der Waals surface area contributed by atoms with Crippen molar-refractivity contribution in [3.05, 3.63) is 64.2 Å². The van der Waals surface area contributed by atoms with Gasteiger partial charge in [-0.05, 0) is 124 Å². The number of nitrogens with one attached hydrogen (secondary N) is 1. The number of likely N-dealkylation sites (tertiary alicyclic amines) is 1. The molecule has 206 valence electrons. The van der Waals surface area contributed by atoms with Crippen LogP contribution < -0.4 is 16.5 Å². The van der Waals surface area contributed by atoms with Crippen molar-refractivity contribution in [3.8, 4) is 0 Å². The highest BCUT2D eigenvalue weighted by Gasteiger charge is 2.23. The Morgan fingerprint density at radius 3 is 2.32 bits per heavy atom. The van der Waals surface area contributed by atoms with Gasteiger partial charge in [-0.2, -0.15) is 0 Å². The third kappa shape index (κ3) is 8.68. The second-order valence-electron chi connectivity index (χ2n) is 10.5. The Hall–Kier alpha value is -2.68. The van der Waals surface area contributed by atoms with E-state index in [1.165, 1.54) is 38.5 Å². The van der Waals surface area contributed by atoms with Crippen LogP contribution in [0, 0.1) is 6.92 Å². The molecule has 4 rings (SSSR count). The average molecular weight is 522 g/mol. The fourth-order valence-corrected chi connectivity index (χ4v) is 5.51. The SMILES string of the molecule is CCC(N)=O.Cc1c(C2CCN(CCCCNC(=O)c3ccc(B(O)O)cc3)CC2)ccc2c1CCCC2. The van der Waals surface area contributed by atoms with Crippen molar-refractivity contribution in [2.24, 2.45) is 5.73 Å². The lowest BCUT2D eigenvalue weighted by Crippen LogP contribution is -2.34. The minimum atomic E-state index is -1.51. The minimum absolute atomic E-state index is 0.116. The molecule has 8 heteroatoms. The van der Waals surface area contributed by atoms with E-state index >= 15 is 0 Å². The molecule has 2 aromatic carbocycles. The summed E-state index contributed by atoms with van der Waals surface area (Å²) in [4.78, 5) is 24.4. The molecular formula is C30H44BN3O4. The first-order valence-electron chi connectivity index (χ1n) is 14.2. The molecular weight excluding hydrogens is 477 g/mol. The van der Waals surface area contributed by atoms with Gasteiger partial charge in [-0.3, -0.25) is 9.59 Å². The van der Waals surface area contributed by atoms with Crippen LogP contribution in [-0.4, -0.2) is 60.1 Å². The van der Waals surface area contributed by atoms with Gasteiger partial charge in [0.25, 0.3) is 5.91 Å². The number of primary amides is 1. The van der Waals surface area contributed by atoms with E-state index in [0.29, 0.717) is 29.9 Å². The first kappa shape index (κ1) is 29.9. The van der Waals surface area contributed by atoms with Crippen molar-refractivity contribution in [1.29, 1.82) is 0 Å². The van der Waals surface area contributed by atoms with Gasteiger partial charge in [0.2, 0.25) is 5.91 Å². The molecule has 2 aliphatic rings. The minimum Gasteiger partial charge on any atom is -0.423 e. The highest BCUT2D eigenvalue weighted by Crippen LogP contribution is 2.35. The Morgan fingerprint density at radius 2 is 1.68 bits per heavy atom. The van der Waals surface area contributed by atoms with Crippen molar-refractivity contribution in [2.75, 3.05) is 26.2 Å². The number of fused-ring (bicyclic) bond motifs is 1. The molecule has 2 aromatic rings. The first-order valence-corrected chi connectivity index (χ1v) is 14.2. The van der Waals surface area contributed by atoms with Crippen LogP contribution in [0.1, 0.15) is 90.4 Å². The van der Waals surface area contributed by atoms with E-state index in [1.807, 2.05) is 0 Å². The van der Waals surface area contributed by atoms with Crippen molar-refractivity contribution in [3.63, 3.8) is 0 Å². The molecule has 0 bridgehead atoms. The molecule has 1 heterocycles. The van der Waals surface area contributed by atoms with Crippen LogP contribution >= 0.6 is 0 Å². The molecule has 0 aromatic heterocycles. The van der Waals surface area contributed by atoms with Crippen LogP contribution in [0.5, 0.6) is 0 Å². The molecule has 0 atom stereocenters. The summed E-state index contributed by atoms with van der Waals surface area (Å²) >= 11 is 0. The maximum Gasteiger partial charge on any atom is 0.488 e. The quantitative estimate of drug-likeness (QED) is 0.299. The van der Waals surface area contributed by atoms with E-state index in [1.54, 1.807) is 53.4 Å². The number of rotatable bonds is 9. The highest BCUT2D eigenvalue weighted by molar-refractivity contribution is 6.58. The van der Waals surface area contributed by atoms with Crippen LogP contribution in [-0.2, 0) is 17.6 Å². The number of amides is 2. The van der Waals surface area contributed by atoms with Crippen LogP contribution in [0.15, 0.2) is 36.4 Å². The van der Waals surface area contributed by atoms with Crippen molar-refractivity contribution < 1.29 is 19.6 Å². The van der Waals surface area contributed by atoms with E-state index in [-0.39, 0.29) is 11.8 Å². The smallest absolute Gasteiger partial charge is 0.423 e. The highest BCUT2D eigenvalue weighted by atomic mass is 16.4. The third-order valence-electron chi connectivity index (χ3n) is 7.89. The molecule has 38 heavy (non-hydrogen) atoms. The van der Waals surface area contributed by atoms with Gasteiger partial charge in [0, 0.05) is 18.5 Å². The van der Waals surface area contributed by atoms with Gasteiger partial charge < -0.3 is 26.0 Å². The van der Waals surface area contributed by atoms with Crippen LogP contribution in [0.2, 0.25) is 0 Å². The normalized spacial score (nSPS) is 15.7. The Morgan fingerprint density at radius 1 is 1.03 bits per heavy atom. The molecule has 1 fully saturated rings. The molecule has 1 aliphatic heterocycles. The summed E-state index contributed by atoms with van der Waals surface area (Å²) in [5.74, 6) is 0.339. The summed E-state index contributed by atoms with van der Waals surface area (Å²) in [7, 11) is -1.51. The lowest BCUT2D eigenvalue weighted by atomic mass is 9.80. The van der Waals surface area contributed by atoms with Gasteiger partial charge in [-0.1, -0.05) is 31.2 Å². The number of carbonyl (C=O) groups is 2. The number of nitrogens with two attached hydrogens (primary N) is 1. The molecule has 0 radical (unpaired) electrons. The zero-order valence-electron chi connectivity index (χ0n) is 23.0. The Labute approximate surface area is 228 Å². The number of nitrogens with zero attached hydrogens (tertiary/aromatic N) is 1. The fraction of sp³-hybridized carbons (Fsp3) is 0.533. The number of piperidine rings is 1. The number of aryl methyl sites for hydroxylation is 1. The van der Waals surface area contributed by atoms with Crippen LogP contribution in [0.4, 0.5) is 0 Å². The van der Waals surface area contributed by atoms with Crippen LogP contribution in [0.25, 0.3) is 0 Å². The molecule has 5 N–H and O–H groups in total. The molecule has 0 unspecified atom stereocenters. The lowest BCUT2D eigenvalue weighted by molar-refractivity contribution is -0.117. The predicted molar refractivity (Wildman–Crippen MR) is 154 cm³/mol. The van der Waals surface area contributed by atoms with Crippen molar-refractivity contribution >= 4 is 24.4 Å². The molecule has 0 saturated carbocycles. The summed E-state index contributed by atoms with van der Waals surface area (Å²) < 4.78 is 0. The zero-order chi connectivity index (χ0) is 27.5. The topological polar surface area (TPSA) is 116 Å². The van der Waals surface area contributed by atoms with E-state index in [4.69, 9.17) is 10.0 Å². The summed E-state index contributed by atoms with van der Waals surface area (Å²) in [6, 6.07) is 11.2. The molecule has 7 nitrogen and oxygen atoms in total. The van der Waals surface area contributed by atoms with E-state index in [9.17, 15) is 9.59 Å². The first-order chi connectivity index (χ1) is 18.3. The predicted octanol–water partition coefficient (Wildman–Crippen LogP) is 2.82. The average Bonchev–Trinajstić information content (AvgIpc) is 2.94. The summed E-state index contributed by atoms with van der Waals surface area (Å²) in [5.41, 5.74) is 12.0. The second kappa shape index (κ2) is 15.1. The Kier molecular flexibility index (Phi) is 11.8. The van der Waals surface area contributed by atoms with E-state index < -0.39 is 7.12 Å². The van der Waals surface area contributed by atoms with E-state index in [0.717, 1.165) is 32.5 Å². The Balaban J connectivity index is 0.000000732. The van der Waals surface area contributed by atoms with Crippen molar-refractivity contribution in [2.45, 2.75) is 77.6 Å². The molecule has 0 spiro atoms.